The number of anilines is 2. The minimum absolute atomic E-state index is 0.157. The lowest BCUT2D eigenvalue weighted by Crippen LogP contribution is -2.31. The van der Waals surface area contributed by atoms with Crippen molar-refractivity contribution >= 4 is 40.2 Å². The highest BCUT2D eigenvalue weighted by Gasteiger charge is 2.14. The number of nitrogens with zero attached hydrogens (tertiary/aromatic N) is 1. The molecule has 0 aliphatic heterocycles. The van der Waals surface area contributed by atoms with Crippen molar-refractivity contribution in [2.75, 3.05) is 17.7 Å². The molecule has 1 unspecified atom stereocenters. The number of carbonyl (C=O) groups excluding carboxylic acids is 1. The molecule has 0 saturated carbocycles. The maximum atomic E-state index is 12.4. The average molecular weight is 402 g/mol. The fraction of sp³-hybridized carbons (Fsp3) is 0.200. The fourth-order valence-corrected chi connectivity index (χ4v) is 3.42. The number of benzene rings is 2. The zero-order valence-electron chi connectivity index (χ0n) is 15.2. The normalized spacial score (nSPS) is 11.7. The number of amides is 1. The molecule has 27 heavy (non-hydrogen) atoms. The SMILES string of the molecule is COc1ccc(NC(=O)C(C)Nc2ccc(-c3csc(C)n3)cc2)cc1Cl. The van der Waals surface area contributed by atoms with Crippen molar-refractivity contribution in [1.82, 2.24) is 4.98 Å². The van der Waals surface area contributed by atoms with Gasteiger partial charge in [0.15, 0.2) is 0 Å². The number of aryl methyl sites for hydroxylation is 1. The molecule has 5 nitrogen and oxygen atoms in total. The van der Waals surface area contributed by atoms with E-state index in [1.54, 1.807) is 43.6 Å². The molecule has 0 fully saturated rings. The molecule has 1 heterocycles. The summed E-state index contributed by atoms with van der Waals surface area (Å²) >= 11 is 7.72. The van der Waals surface area contributed by atoms with Crippen LogP contribution in [0.15, 0.2) is 47.8 Å². The van der Waals surface area contributed by atoms with Crippen LogP contribution in [0.4, 0.5) is 11.4 Å². The average Bonchev–Trinajstić information content (AvgIpc) is 3.09. The highest BCUT2D eigenvalue weighted by molar-refractivity contribution is 7.09. The molecular weight excluding hydrogens is 382 g/mol. The van der Waals surface area contributed by atoms with Crippen LogP contribution in [0.5, 0.6) is 5.75 Å². The van der Waals surface area contributed by atoms with Crippen LogP contribution < -0.4 is 15.4 Å². The molecule has 0 bridgehead atoms. The molecule has 3 rings (SSSR count). The standard InChI is InChI=1S/C20H20ClN3O2S/c1-12(20(25)24-16-8-9-19(26-3)17(21)10-16)22-15-6-4-14(5-7-15)18-11-27-13(2)23-18/h4-12,22H,1-3H3,(H,24,25). The molecule has 140 valence electrons. The number of carbonyl (C=O) groups is 1. The van der Waals surface area contributed by atoms with Gasteiger partial charge in [-0.05, 0) is 44.2 Å². The molecule has 2 N–H and O–H groups in total. The number of nitrogens with one attached hydrogen (secondary N) is 2. The number of hydrogen-bond donors (Lipinski definition) is 2. The Morgan fingerprint density at radius 3 is 2.48 bits per heavy atom. The summed E-state index contributed by atoms with van der Waals surface area (Å²) in [7, 11) is 1.55. The summed E-state index contributed by atoms with van der Waals surface area (Å²) in [5.74, 6) is 0.409. The molecule has 0 saturated heterocycles. The first-order valence-corrected chi connectivity index (χ1v) is 9.65. The van der Waals surface area contributed by atoms with Crippen molar-refractivity contribution < 1.29 is 9.53 Å². The summed E-state index contributed by atoms with van der Waals surface area (Å²) in [6.45, 7) is 3.79. The highest BCUT2D eigenvalue weighted by atomic mass is 35.5. The molecule has 1 amide bonds. The van der Waals surface area contributed by atoms with Crippen molar-refractivity contribution in [1.29, 1.82) is 0 Å². The summed E-state index contributed by atoms with van der Waals surface area (Å²) in [5.41, 5.74) is 3.50. The second-order valence-corrected chi connectivity index (χ2v) is 7.50. The van der Waals surface area contributed by atoms with Crippen molar-refractivity contribution in [2.45, 2.75) is 19.9 Å². The monoisotopic (exact) mass is 401 g/mol. The molecule has 1 atom stereocenters. The van der Waals surface area contributed by atoms with Crippen LogP contribution in [0, 0.1) is 6.92 Å². The van der Waals surface area contributed by atoms with Crippen LogP contribution in [-0.2, 0) is 4.79 Å². The second kappa shape index (κ2) is 8.41. The van der Waals surface area contributed by atoms with Gasteiger partial charge in [-0.2, -0.15) is 0 Å². The summed E-state index contributed by atoms with van der Waals surface area (Å²) in [6, 6.07) is 12.6. The number of thiazole rings is 1. The van der Waals surface area contributed by atoms with Gasteiger partial charge in [0.25, 0.3) is 0 Å². The van der Waals surface area contributed by atoms with E-state index in [2.05, 4.69) is 15.6 Å². The maximum absolute atomic E-state index is 12.4. The van der Waals surface area contributed by atoms with Crippen LogP contribution in [-0.4, -0.2) is 24.0 Å². The van der Waals surface area contributed by atoms with Crippen molar-refractivity contribution in [3.8, 4) is 17.0 Å². The van der Waals surface area contributed by atoms with E-state index in [1.165, 1.54) is 0 Å². The number of rotatable bonds is 6. The molecule has 1 aromatic heterocycles. The third-order valence-corrected chi connectivity index (χ3v) is 5.06. The smallest absolute Gasteiger partial charge is 0.246 e. The van der Waals surface area contributed by atoms with E-state index in [-0.39, 0.29) is 5.91 Å². The van der Waals surface area contributed by atoms with Gasteiger partial charge in [-0.25, -0.2) is 4.98 Å². The molecule has 0 spiro atoms. The van der Waals surface area contributed by atoms with Crippen LogP contribution >= 0.6 is 22.9 Å². The van der Waals surface area contributed by atoms with Gasteiger partial charge in [0.2, 0.25) is 5.91 Å². The van der Waals surface area contributed by atoms with Gasteiger partial charge in [0.05, 0.1) is 22.8 Å². The van der Waals surface area contributed by atoms with Crippen molar-refractivity contribution in [2.24, 2.45) is 0 Å². The first-order valence-electron chi connectivity index (χ1n) is 8.40. The van der Waals surface area contributed by atoms with Gasteiger partial charge in [-0.3, -0.25) is 4.79 Å². The molecule has 7 heteroatoms. The molecule has 0 aliphatic rings. The Morgan fingerprint density at radius 2 is 1.89 bits per heavy atom. The van der Waals surface area contributed by atoms with Gasteiger partial charge < -0.3 is 15.4 Å². The van der Waals surface area contributed by atoms with E-state index in [0.717, 1.165) is 22.0 Å². The lowest BCUT2D eigenvalue weighted by atomic mass is 10.1. The van der Waals surface area contributed by atoms with E-state index in [1.807, 2.05) is 36.6 Å². The molecule has 3 aromatic rings. The van der Waals surface area contributed by atoms with E-state index in [4.69, 9.17) is 16.3 Å². The van der Waals surface area contributed by atoms with E-state index in [9.17, 15) is 4.79 Å². The lowest BCUT2D eigenvalue weighted by Gasteiger charge is -2.16. The fourth-order valence-electron chi connectivity index (χ4n) is 2.54. The zero-order valence-corrected chi connectivity index (χ0v) is 16.8. The highest BCUT2D eigenvalue weighted by Crippen LogP contribution is 2.27. The minimum atomic E-state index is -0.418. The number of ether oxygens (including phenoxy) is 1. The third kappa shape index (κ3) is 4.78. The predicted molar refractivity (Wildman–Crippen MR) is 112 cm³/mol. The Labute approximate surface area is 167 Å². The molecular formula is C20H20ClN3O2S. The molecule has 0 radical (unpaired) electrons. The van der Waals surface area contributed by atoms with Crippen LogP contribution in [0.3, 0.4) is 0 Å². The quantitative estimate of drug-likeness (QED) is 0.594. The van der Waals surface area contributed by atoms with Crippen molar-refractivity contribution in [3.63, 3.8) is 0 Å². The number of methoxy groups -OCH3 is 1. The van der Waals surface area contributed by atoms with Gasteiger partial charge in [0.1, 0.15) is 11.8 Å². The van der Waals surface area contributed by atoms with Crippen LogP contribution in [0.25, 0.3) is 11.3 Å². The molecule has 2 aromatic carbocycles. The minimum Gasteiger partial charge on any atom is -0.495 e. The topological polar surface area (TPSA) is 63.2 Å². The van der Waals surface area contributed by atoms with Gasteiger partial charge in [-0.1, -0.05) is 23.7 Å². The Morgan fingerprint density at radius 1 is 1.19 bits per heavy atom. The Kier molecular flexibility index (Phi) is 5.98. The summed E-state index contributed by atoms with van der Waals surface area (Å²) in [4.78, 5) is 16.9. The largest absolute Gasteiger partial charge is 0.495 e. The van der Waals surface area contributed by atoms with Gasteiger partial charge in [-0.15, -0.1) is 11.3 Å². The Hall–Kier alpha value is -2.57. The summed E-state index contributed by atoms with van der Waals surface area (Å²) in [5, 5.41) is 9.56. The second-order valence-electron chi connectivity index (χ2n) is 6.03. The first kappa shape index (κ1) is 19.2. The van der Waals surface area contributed by atoms with Crippen LogP contribution in [0.1, 0.15) is 11.9 Å². The Bertz CT molecular complexity index is 941. The van der Waals surface area contributed by atoms with Crippen LogP contribution in [0.2, 0.25) is 5.02 Å². The zero-order chi connectivity index (χ0) is 19.4. The van der Waals surface area contributed by atoms with E-state index >= 15 is 0 Å². The number of aromatic nitrogens is 1. The number of halogens is 1. The summed E-state index contributed by atoms with van der Waals surface area (Å²) in [6.07, 6.45) is 0. The van der Waals surface area contributed by atoms with E-state index in [0.29, 0.717) is 16.5 Å². The van der Waals surface area contributed by atoms with Gasteiger partial charge in [0, 0.05) is 22.3 Å². The predicted octanol–water partition coefficient (Wildman–Crippen LogP) is 5.22. The first-order chi connectivity index (χ1) is 13.0. The van der Waals surface area contributed by atoms with Crippen molar-refractivity contribution in [3.05, 3.63) is 57.9 Å². The molecule has 0 aliphatic carbocycles. The summed E-state index contributed by atoms with van der Waals surface area (Å²) < 4.78 is 5.11. The Balaban J connectivity index is 1.61. The maximum Gasteiger partial charge on any atom is 0.246 e. The van der Waals surface area contributed by atoms with Gasteiger partial charge >= 0.3 is 0 Å². The van der Waals surface area contributed by atoms with E-state index < -0.39 is 6.04 Å². The number of hydrogen-bond acceptors (Lipinski definition) is 5. The lowest BCUT2D eigenvalue weighted by molar-refractivity contribution is -0.116. The third-order valence-electron chi connectivity index (χ3n) is 4.00.